The van der Waals surface area contributed by atoms with Crippen LogP contribution in [0, 0.1) is 5.82 Å². The molecule has 0 amide bonds. The average molecular weight is 359 g/mol. The van der Waals surface area contributed by atoms with E-state index in [1.807, 2.05) is 42.5 Å². The van der Waals surface area contributed by atoms with E-state index < -0.39 is 0 Å². The molecule has 0 saturated carbocycles. The zero-order valence-electron chi connectivity index (χ0n) is 14.8. The number of methoxy groups -OCH3 is 1. The summed E-state index contributed by atoms with van der Waals surface area (Å²) in [4.78, 5) is 4.28. The topological polar surface area (TPSA) is 50.8 Å². The first kappa shape index (κ1) is 17.0. The van der Waals surface area contributed by atoms with Crippen molar-refractivity contribution in [2.24, 2.45) is 0 Å². The summed E-state index contributed by atoms with van der Waals surface area (Å²) in [5.41, 5.74) is 4.52. The van der Waals surface area contributed by atoms with Gasteiger partial charge >= 0.3 is 0 Å². The number of benzene rings is 2. The van der Waals surface area contributed by atoms with Crippen LogP contribution in [-0.4, -0.2) is 22.3 Å². The highest BCUT2D eigenvalue weighted by molar-refractivity contribution is 5.89. The Morgan fingerprint density at radius 1 is 1.07 bits per heavy atom. The van der Waals surface area contributed by atoms with Crippen molar-refractivity contribution in [3.8, 4) is 5.75 Å². The first-order chi connectivity index (χ1) is 13.2. The zero-order valence-corrected chi connectivity index (χ0v) is 14.8. The summed E-state index contributed by atoms with van der Waals surface area (Å²) in [5.74, 6) is 0.410. The number of nitrogens with one attached hydrogen (secondary N) is 1. The van der Waals surface area contributed by atoms with Gasteiger partial charge in [0, 0.05) is 23.6 Å². The van der Waals surface area contributed by atoms with E-state index in [2.05, 4.69) is 21.2 Å². The van der Waals surface area contributed by atoms with E-state index >= 15 is 0 Å². The van der Waals surface area contributed by atoms with Gasteiger partial charge in [-0.2, -0.15) is 5.10 Å². The molecule has 0 atom stereocenters. The normalized spacial score (nSPS) is 11.3. The smallest absolute Gasteiger partial charge is 0.123 e. The van der Waals surface area contributed by atoms with Gasteiger partial charge in [-0.05, 0) is 60.2 Å². The number of nitrogens with zero attached hydrogens (tertiary/aromatic N) is 2. The van der Waals surface area contributed by atoms with Crippen LogP contribution in [0.4, 0.5) is 4.39 Å². The van der Waals surface area contributed by atoms with Crippen molar-refractivity contribution in [3.05, 3.63) is 89.1 Å². The summed E-state index contributed by atoms with van der Waals surface area (Å²) >= 11 is 0. The van der Waals surface area contributed by atoms with Crippen LogP contribution in [0.3, 0.4) is 0 Å². The zero-order chi connectivity index (χ0) is 18.6. The van der Waals surface area contributed by atoms with Gasteiger partial charge in [0.25, 0.3) is 0 Å². The lowest BCUT2D eigenvalue weighted by Crippen LogP contribution is -1.95. The highest BCUT2D eigenvalue weighted by Gasteiger charge is 2.09. The Bertz CT molecular complexity index is 1100. The van der Waals surface area contributed by atoms with Crippen molar-refractivity contribution in [1.29, 1.82) is 0 Å². The van der Waals surface area contributed by atoms with E-state index in [1.54, 1.807) is 19.4 Å². The number of ether oxygens (including phenoxy) is 1. The van der Waals surface area contributed by atoms with Crippen molar-refractivity contribution in [3.63, 3.8) is 0 Å². The fraction of sp³-hybridized carbons (Fsp3) is 0.0909. The van der Waals surface area contributed by atoms with Crippen LogP contribution in [-0.2, 0) is 6.42 Å². The van der Waals surface area contributed by atoms with E-state index in [-0.39, 0.29) is 5.82 Å². The summed E-state index contributed by atoms with van der Waals surface area (Å²) in [5, 5.41) is 8.43. The molecule has 0 spiro atoms. The van der Waals surface area contributed by atoms with Gasteiger partial charge in [0.1, 0.15) is 11.6 Å². The Hall–Kier alpha value is -3.47. The molecule has 4 rings (SSSR count). The second-order valence-corrected chi connectivity index (χ2v) is 6.21. The number of halogens is 1. The van der Waals surface area contributed by atoms with Crippen LogP contribution in [0.2, 0.25) is 0 Å². The van der Waals surface area contributed by atoms with E-state index in [0.717, 1.165) is 33.4 Å². The summed E-state index contributed by atoms with van der Waals surface area (Å²) < 4.78 is 19.0. The minimum atomic E-state index is -0.269. The van der Waals surface area contributed by atoms with Crippen LogP contribution in [0.5, 0.6) is 5.75 Å². The fourth-order valence-electron chi connectivity index (χ4n) is 3.06. The molecule has 0 radical (unpaired) electrons. The molecule has 1 N–H and O–H groups in total. The van der Waals surface area contributed by atoms with Crippen LogP contribution in [0.25, 0.3) is 23.1 Å². The monoisotopic (exact) mass is 359 g/mol. The van der Waals surface area contributed by atoms with Crippen LogP contribution < -0.4 is 4.74 Å². The molecule has 4 nitrogen and oxygen atoms in total. The molecule has 2 aromatic carbocycles. The Morgan fingerprint density at radius 2 is 2.00 bits per heavy atom. The average Bonchev–Trinajstić information content (AvgIpc) is 3.10. The van der Waals surface area contributed by atoms with Crippen LogP contribution in [0.15, 0.2) is 60.8 Å². The predicted octanol–water partition coefficient (Wildman–Crippen LogP) is 4.87. The maximum Gasteiger partial charge on any atom is 0.123 e. The highest BCUT2D eigenvalue weighted by atomic mass is 19.1. The second kappa shape index (κ2) is 7.41. The molecule has 0 bridgehead atoms. The van der Waals surface area contributed by atoms with Crippen molar-refractivity contribution >= 4 is 23.1 Å². The third-order valence-corrected chi connectivity index (χ3v) is 4.39. The van der Waals surface area contributed by atoms with Gasteiger partial charge in [-0.15, -0.1) is 0 Å². The molecular formula is C22H18FN3O. The number of rotatable bonds is 5. The van der Waals surface area contributed by atoms with E-state index in [4.69, 9.17) is 4.74 Å². The Morgan fingerprint density at radius 3 is 2.81 bits per heavy atom. The largest absolute Gasteiger partial charge is 0.496 e. The van der Waals surface area contributed by atoms with Gasteiger partial charge in [0.05, 0.1) is 24.0 Å². The molecule has 134 valence electrons. The molecule has 0 aliphatic carbocycles. The highest BCUT2D eigenvalue weighted by Crippen LogP contribution is 2.25. The van der Waals surface area contributed by atoms with Crippen LogP contribution >= 0.6 is 0 Å². The predicted molar refractivity (Wildman–Crippen MR) is 105 cm³/mol. The van der Waals surface area contributed by atoms with Crippen molar-refractivity contribution in [1.82, 2.24) is 15.2 Å². The van der Waals surface area contributed by atoms with Crippen molar-refractivity contribution in [2.45, 2.75) is 6.42 Å². The molecule has 27 heavy (non-hydrogen) atoms. The Balaban J connectivity index is 1.66. The first-order valence-corrected chi connectivity index (χ1v) is 8.61. The second-order valence-electron chi connectivity index (χ2n) is 6.21. The van der Waals surface area contributed by atoms with Gasteiger partial charge in [0.2, 0.25) is 0 Å². The molecule has 0 unspecified atom stereocenters. The summed E-state index contributed by atoms with van der Waals surface area (Å²) in [6.45, 7) is 0. The molecule has 2 heterocycles. The van der Waals surface area contributed by atoms with Gasteiger partial charge in [-0.1, -0.05) is 12.1 Å². The van der Waals surface area contributed by atoms with Crippen molar-refractivity contribution in [2.75, 3.05) is 7.11 Å². The SMILES string of the molecule is COc1ccc(F)cc1Cc1ccc2[nH]nc(/C=C/c3ccccn3)c2c1. The molecular weight excluding hydrogens is 341 g/mol. The van der Waals surface area contributed by atoms with Crippen LogP contribution in [0.1, 0.15) is 22.5 Å². The number of aromatic nitrogens is 3. The van der Waals surface area contributed by atoms with Gasteiger partial charge in [-0.3, -0.25) is 10.1 Å². The molecule has 4 aromatic rings. The summed E-state index contributed by atoms with van der Waals surface area (Å²) in [6, 6.07) is 16.4. The molecule has 0 saturated heterocycles. The van der Waals surface area contributed by atoms with E-state index in [1.165, 1.54) is 12.1 Å². The summed E-state index contributed by atoms with van der Waals surface area (Å²) in [7, 11) is 1.59. The molecule has 0 aliphatic rings. The van der Waals surface area contributed by atoms with Gasteiger partial charge in [0.15, 0.2) is 0 Å². The minimum absolute atomic E-state index is 0.269. The quantitative estimate of drug-likeness (QED) is 0.553. The third-order valence-electron chi connectivity index (χ3n) is 4.39. The maximum atomic E-state index is 13.6. The standard InChI is InChI=1S/C22H18FN3O/c1-27-22-10-6-17(23)14-16(22)12-15-5-8-20-19(13-15)21(26-25-20)9-7-18-4-2-3-11-24-18/h2-11,13-14H,12H2,1H3,(H,25,26)/b9-7+. The van der Waals surface area contributed by atoms with Gasteiger partial charge in [-0.25, -0.2) is 4.39 Å². The number of hydrogen-bond donors (Lipinski definition) is 1. The number of aromatic amines is 1. The lowest BCUT2D eigenvalue weighted by molar-refractivity contribution is 0.409. The molecule has 2 aromatic heterocycles. The Labute approximate surface area is 156 Å². The lowest BCUT2D eigenvalue weighted by Gasteiger charge is -2.09. The number of fused-ring (bicyclic) bond motifs is 1. The van der Waals surface area contributed by atoms with E-state index in [9.17, 15) is 4.39 Å². The minimum Gasteiger partial charge on any atom is -0.496 e. The van der Waals surface area contributed by atoms with E-state index in [0.29, 0.717) is 12.2 Å². The number of hydrogen-bond acceptors (Lipinski definition) is 3. The number of pyridine rings is 1. The van der Waals surface area contributed by atoms with Crippen molar-refractivity contribution < 1.29 is 9.13 Å². The first-order valence-electron chi connectivity index (χ1n) is 8.61. The third kappa shape index (κ3) is 3.72. The molecule has 0 fully saturated rings. The fourth-order valence-corrected chi connectivity index (χ4v) is 3.06. The molecule has 0 aliphatic heterocycles. The summed E-state index contributed by atoms with van der Waals surface area (Å²) in [6.07, 6.45) is 6.20. The lowest BCUT2D eigenvalue weighted by atomic mass is 10.0. The number of H-pyrrole nitrogens is 1. The molecule has 5 heteroatoms. The Kier molecular flexibility index (Phi) is 4.66. The maximum absolute atomic E-state index is 13.6. The van der Waals surface area contributed by atoms with Gasteiger partial charge < -0.3 is 4.74 Å².